The third kappa shape index (κ3) is 5.11. The molecule has 0 aliphatic rings. The first-order chi connectivity index (χ1) is 14.1. The average molecular weight is 455 g/mol. The molecular weight excluding hydrogens is 441 g/mol. The molecule has 3 aromatic rings. The molecule has 0 aromatic heterocycles. The SMILES string of the molecule is O=C(Nc1cccc(C(F)(F)F)c1)c1ccc(NS(=O)(=O)c2ccccc2)c(Cl)c1. The number of nitrogens with one attached hydrogen (secondary N) is 2. The van der Waals surface area contributed by atoms with Gasteiger partial charge in [0.05, 0.1) is 21.2 Å². The quantitative estimate of drug-likeness (QED) is 0.541. The van der Waals surface area contributed by atoms with E-state index in [0.717, 1.165) is 12.1 Å². The molecule has 3 aromatic carbocycles. The lowest BCUT2D eigenvalue weighted by molar-refractivity contribution is -0.137. The predicted octanol–water partition coefficient (Wildman–Crippen LogP) is 5.41. The summed E-state index contributed by atoms with van der Waals surface area (Å²) in [5, 5.41) is 2.31. The van der Waals surface area contributed by atoms with Crippen molar-refractivity contribution in [2.24, 2.45) is 0 Å². The van der Waals surface area contributed by atoms with Gasteiger partial charge in [-0.25, -0.2) is 8.42 Å². The van der Waals surface area contributed by atoms with E-state index in [-0.39, 0.29) is 26.9 Å². The van der Waals surface area contributed by atoms with Crippen molar-refractivity contribution in [2.45, 2.75) is 11.1 Å². The van der Waals surface area contributed by atoms with Crippen molar-refractivity contribution in [2.75, 3.05) is 10.0 Å². The number of anilines is 2. The van der Waals surface area contributed by atoms with Gasteiger partial charge in [-0.3, -0.25) is 9.52 Å². The number of hydrogen-bond donors (Lipinski definition) is 2. The Morgan fingerprint density at radius 1 is 0.900 bits per heavy atom. The zero-order chi connectivity index (χ0) is 21.9. The Morgan fingerprint density at radius 2 is 1.60 bits per heavy atom. The summed E-state index contributed by atoms with van der Waals surface area (Å²) in [6.45, 7) is 0. The van der Waals surface area contributed by atoms with E-state index in [1.807, 2.05) is 0 Å². The van der Waals surface area contributed by atoms with Gasteiger partial charge in [-0.1, -0.05) is 35.9 Å². The highest BCUT2D eigenvalue weighted by atomic mass is 35.5. The fourth-order valence-electron chi connectivity index (χ4n) is 2.52. The number of hydrogen-bond acceptors (Lipinski definition) is 3. The van der Waals surface area contributed by atoms with Crippen LogP contribution in [0.4, 0.5) is 24.5 Å². The van der Waals surface area contributed by atoms with E-state index in [4.69, 9.17) is 11.6 Å². The first-order valence-corrected chi connectivity index (χ1v) is 10.3. The third-order valence-electron chi connectivity index (χ3n) is 3.98. The second kappa shape index (κ2) is 8.37. The van der Waals surface area contributed by atoms with Gasteiger partial charge >= 0.3 is 6.18 Å². The molecule has 156 valence electrons. The highest BCUT2D eigenvalue weighted by molar-refractivity contribution is 7.92. The van der Waals surface area contributed by atoms with E-state index in [1.165, 1.54) is 42.5 Å². The normalized spacial score (nSPS) is 11.7. The zero-order valence-corrected chi connectivity index (χ0v) is 16.6. The number of rotatable bonds is 5. The van der Waals surface area contributed by atoms with Gasteiger partial charge in [-0.05, 0) is 48.5 Å². The molecule has 0 aliphatic heterocycles. The summed E-state index contributed by atoms with van der Waals surface area (Å²) >= 11 is 6.10. The molecule has 3 rings (SSSR count). The fraction of sp³-hybridized carbons (Fsp3) is 0.0500. The van der Waals surface area contributed by atoms with Crippen LogP contribution in [0.15, 0.2) is 77.7 Å². The van der Waals surface area contributed by atoms with Crippen molar-refractivity contribution >= 4 is 38.9 Å². The number of benzene rings is 3. The second-order valence-electron chi connectivity index (χ2n) is 6.15. The van der Waals surface area contributed by atoms with E-state index < -0.39 is 27.7 Å². The van der Waals surface area contributed by atoms with E-state index in [0.29, 0.717) is 0 Å². The number of sulfonamides is 1. The molecule has 0 atom stereocenters. The zero-order valence-electron chi connectivity index (χ0n) is 15.1. The van der Waals surface area contributed by atoms with Crippen molar-refractivity contribution in [3.05, 3.63) is 88.9 Å². The van der Waals surface area contributed by atoms with Crippen LogP contribution in [0.25, 0.3) is 0 Å². The molecule has 0 spiro atoms. The molecule has 0 saturated heterocycles. The highest BCUT2D eigenvalue weighted by Crippen LogP contribution is 2.31. The molecule has 30 heavy (non-hydrogen) atoms. The Balaban J connectivity index is 1.78. The van der Waals surface area contributed by atoms with Gasteiger partial charge in [0.1, 0.15) is 0 Å². The topological polar surface area (TPSA) is 75.3 Å². The molecule has 0 bridgehead atoms. The highest BCUT2D eigenvalue weighted by Gasteiger charge is 2.30. The van der Waals surface area contributed by atoms with Crippen LogP contribution in [0.2, 0.25) is 5.02 Å². The van der Waals surface area contributed by atoms with Crippen LogP contribution >= 0.6 is 11.6 Å². The van der Waals surface area contributed by atoms with Crippen molar-refractivity contribution < 1.29 is 26.4 Å². The maximum absolute atomic E-state index is 12.8. The van der Waals surface area contributed by atoms with Crippen LogP contribution in [-0.2, 0) is 16.2 Å². The molecule has 0 fully saturated rings. The Labute approximate surface area is 175 Å². The molecule has 5 nitrogen and oxygen atoms in total. The molecule has 2 N–H and O–H groups in total. The first kappa shape index (κ1) is 21.7. The Hall–Kier alpha value is -3.04. The van der Waals surface area contributed by atoms with Gasteiger partial charge < -0.3 is 5.32 Å². The third-order valence-corrected chi connectivity index (χ3v) is 5.67. The summed E-state index contributed by atoms with van der Waals surface area (Å²) in [6, 6.07) is 15.6. The van der Waals surface area contributed by atoms with Gasteiger partial charge in [-0.15, -0.1) is 0 Å². The number of carbonyl (C=O) groups excluding carboxylic acids is 1. The number of amides is 1. The summed E-state index contributed by atoms with van der Waals surface area (Å²) in [7, 11) is -3.88. The van der Waals surface area contributed by atoms with Gasteiger partial charge in [0.25, 0.3) is 15.9 Å². The Bertz CT molecular complexity index is 1180. The summed E-state index contributed by atoms with van der Waals surface area (Å²) in [6.07, 6.45) is -4.54. The van der Waals surface area contributed by atoms with Crippen molar-refractivity contribution in [3.63, 3.8) is 0 Å². The summed E-state index contributed by atoms with van der Waals surface area (Å²) in [4.78, 5) is 12.4. The smallest absolute Gasteiger partial charge is 0.322 e. The standard InChI is InChI=1S/C20H14ClF3N2O3S/c21-17-11-13(19(27)25-15-6-4-5-14(12-15)20(22,23)24)9-10-18(17)26-30(28,29)16-7-2-1-3-8-16/h1-12,26H,(H,25,27). The molecular formula is C20H14ClF3N2O3S. The van der Waals surface area contributed by atoms with E-state index >= 15 is 0 Å². The van der Waals surface area contributed by atoms with E-state index in [1.54, 1.807) is 18.2 Å². The van der Waals surface area contributed by atoms with Crippen LogP contribution in [0.1, 0.15) is 15.9 Å². The van der Waals surface area contributed by atoms with Gasteiger partial charge in [0.2, 0.25) is 0 Å². The minimum absolute atomic E-state index is 0.0347. The van der Waals surface area contributed by atoms with Crippen LogP contribution in [0, 0.1) is 0 Å². The van der Waals surface area contributed by atoms with Crippen LogP contribution in [-0.4, -0.2) is 14.3 Å². The monoisotopic (exact) mass is 454 g/mol. The number of halogens is 4. The maximum Gasteiger partial charge on any atom is 0.416 e. The summed E-state index contributed by atoms with van der Waals surface area (Å²) in [5.41, 5.74) is -0.847. The number of carbonyl (C=O) groups is 1. The molecule has 1 amide bonds. The van der Waals surface area contributed by atoms with Crippen LogP contribution in [0.5, 0.6) is 0 Å². The number of alkyl halides is 3. The lowest BCUT2D eigenvalue weighted by Gasteiger charge is -2.12. The second-order valence-corrected chi connectivity index (χ2v) is 8.24. The van der Waals surface area contributed by atoms with Crippen molar-refractivity contribution in [1.82, 2.24) is 0 Å². The van der Waals surface area contributed by atoms with Crippen molar-refractivity contribution in [1.29, 1.82) is 0 Å². The summed E-state index contributed by atoms with van der Waals surface area (Å²) in [5.74, 6) is -0.700. The average Bonchev–Trinajstić information content (AvgIpc) is 2.69. The molecule has 0 unspecified atom stereocenters. The van der Waals surface area contributed by atoms with Crippen LogP contribution in [0.3, 0.4) is 0 Å². The Kier molecular flexibility index (Phi) is 6.04. The molecule has 0 radical (unpaired) electrons. The molecule has 0 saturated carbocycles. The first-order valence-electron chi connectivity index (χ1n) is 8.42. The van der Waals surface area contributed by atoms with Crippen molar-refractivity contribution in [3.8, 4) is 0 Å². The minimum atomic E-state index is -4.54. The van der Waals surface area contributed by atoms with E-state index in [2.05, 4.69) is 10.0 Å². The van der Waals surface area contributed by atoms with Gasteiger partial charge in [-0.2, -0.15) is 13.2 Å². The van der Waals surface area contributed by atoms with Crippen LogP contribution < -0.4 is 10.0 Å². The van der Waals surface area contributed by atoms with Gasteiger partial charge in [0.15, 0.2) is 0 Å². The Morgan fingerprint density at radius 3 is 2.23 bits per heavy atom. The van der Waals surface area contributed by atoms with E-state index in [9.17, 15) is 26.4 Å². The molecule has 10 heteroatoms. The maximum atomic E-state index is 12.8. The van der Waals surface area contributed by atoms with Gasteiger partial charge in [0, 0.05) is 11.3 Å². The predicted molar refractivity (Wildman–Crippen MR) is 108 cm³/mol. The molecule has 0 heterocycles. The summed E-state index contributed by atoms with van der Waals surface area (Å²) < 4.78 is 65.5. The molecule has 0 aliphatic carbocycles. The lowest BCUT2D eigenvalue weighted by Crippen LogP contribution is -2.15. The lowest BCUT2D eigenvalue weighted by atomic mass is 10.1. The fourth-order valence-corrected chi connectivity index (χ4v) is 3.90. The minimum Gasteiger partial charge on any atom is -0.322 e. The largest absolute Gasteiger partial charge is 0.416 e.